The molecule has 1 rings (SSSR count). The monoisotopic (exact) mass is 261 g/mol. The molecule has 0 aromatic heterocycles. The van der Waals surface area contributed by atoms with Crippen LogP contribution in [0.5, 0.6) is 5.75 Å². The van der Waals surface area contributed by atoms with Crippen molar-refractivity contribution in [3.05, 3.63) is 29.8 Å². The lowest BCUT2D eigenvalue weighted by atomic mass is 10.0. The van der Waals surface area contributed by atoms with Gasteiger partial charge in [-0.1, -0.05) is 6.92 Å². The minimum Gasteiger partial charge on any atom is -0.406 e. The summed E-state index contributed by atoms with van der Waals surface area (Å²) in [6, 6.07) is 4.58. The van der Waals surface area contributed by atoms with E-state index in [2.05, 4.69) is 4.74 Å². The number of Topliss-reactive ketones (excluding diaryl/α,β-unsaturated/α-hetero) is 1. The van der Waals surface area contributed by atoms with Crippen molar-refractivity contribution < 1.29 is 22.7 Å². The van der Waals surface area contributed by atoms with Crippen LogP contribution in [-0.2, 0) is 0 Å². The van der Waals surface area contributed by atoms with Gasteiger partial charge in [0.2, 0.25) is 0 Å². The predicted molar refractivity (Wildman–Crippen MR) is 60.3 cm³/mol. The van der Waals surface area contributed by atoms with Crippen LogP contribution in [0.1, 0.15) is 30.1 Å². The molecule has 0 aliphatic rings. The predicted octanol–water partition coefficient (Wildman–Crippen LogP) is 2.90. The SMILES string of the molecule is CCC(N)CC(=O)c1ccc(OC(F)(F)F)cc1. The second-order valence-electron chi connectivity index (χ2n) is 3.87. The number of rotatable bonds is 5. The summed E-state index contributed by atoms with van der Waals surface area (Å²) in [4.78, 5) is 11.7. The maximum absolute atomic E-state index is 11.9. The summed E-state index contributed by atoms with van der Waals surface area (Å²) in [5.41, 5.74) is 5.96. The van der Waals surface area contributed by atoms with Gasteiger partial charge in [-0.3, -0.25) is 4.79 Å². The van der Waals surface area contributed by atoms with Crippen molar-refractivity contribution in [2.24, 2.45) is 5.73 Å². The first-order valence-corrected chi connectivity index (χ1v) is 5.46. The van der Waals surface area contributed by atoms with E-state index < -0.39 is 6.36 Å². The lowest BCUT2D eigenvalue weighted by Gasteiger charge is -2.10. The Kier molecular flexibility index (Phi) is 4.72. The van der Waals surface area contributed by atoms with Crippen molar-refractivity contribution in [1.82, 2.24) is 0 Å². The second kappa shape index (κ2) is 5.86. The van der Waals surface area contributed by atoms with Gasteiger partial charge >= 0.3 is 6.36 Å². The molecule has 2 N–H and O–H groups in total. The van der Waals surface area contributed by atoms with Crippen molar-refractivity contribution >= 4 is 5.78 Å². The number of ketones is 1. The van der Waals surface area contributed by atoms with E-state index in [4.69, 9.17) is 5.73 Å². The molecule has 6 heteroatoms. The van der Waals surface area contributed by atoms with Crippen LogP contribution in [0.15, 0.2) is 24.3 Å². The fraction of sp³-hybridized carbons (Fsp3) is 0.417. The molecule has 0 radical (unpaired) electrons. The fourth-order valence-electron chi connectivity index (χ4n) is 1.34. The highest BCUT2D eigenvalue weighted by molar-refractivity contribution is 5.96. The molecule has 18 heavy (non-hydrogen) atoms. The Morgan fingerprint density at radius 2 is 1.89 bits per heavy atom. The molecule has 0 saturated carbocycles. The zero-order chi connectivity index (χ0) is 13.8. The van der Waals surface area contributed by atoms with E-state index in [1.807, 2.05) is 6.92 Å². The third-order valence-electron chi connectivity index (χ3n) is 2.38. The van der Waals surface area contributed by atoms with Crippen LogP contribution in [0.2, 0.25) is 0 Å². The van der Waals surface area contributed by atoms with E-state index in [0.29, 0.717) is 12.0 Å². The topological polar surface area (TPSA) is 52.3 Å². The Bertz CT molecular complexity index is 401. The van der Waals surface area contributed by atoms with Crippen LogP contribution < -0.4 is 10.5 Å². The molecular weight excluding hydrogens is 247 g/mol. The van der Waals surface area contributed by atoms with Crippen molar-refractivity contribution in [2.75, 3.05) is 0 Å². The van der Waals surface area contributed by atoms with Gasteiger partial charge in [-0.05, 0) is 30.7 Å². The second-order valence-corrected chi connectivity index (χ2v) is 3.87. The van der Waals surface area contributed by atoms with Crippen molar-refractivity contribution in [3.8, 4) is 5.75 Å². The number of carbonyl (C=O) groups excluding carboxylic acids is 1. The minimum absolute atomic E-state index is 0.177. The summed E-state index contributed by atoms with van der Waals surface area (Å²) in [7, 11) is 0. The summed E-state index contributed by atoms with van der Waals surface area (Å²) in [6.45, 7) is 1.86. The molecule has 0 saturated heterocycles. The van der Waals surface area contributed by atoms with Gasteiger partial charge in [0.15, 0.2) is 5.78 Å². The zero-order valence-corrected chi connectivity index (χ0v) is 9.83. The number of nitrogens with two attached hydrogens (primary N) is 1. The molecule has 1 atom stereocenters. The van der Waals surface area contributed by atoms with Gasteiger partial charge < -0.3 is 10.5 Å². The molecule has 1 unspecified atom stereocenters. The Morgan fingerprint density at radius 1 is 1.33 bits per heavy atom. The first-order valence-electron chi connectivity index (χ1n) is 5.46. The van der Waals surface area contributed by atoms with Crippen molar-refractivity contribution in [2.45, 2.75) is 32.2 Å². The molecule has 0 bridgehead atoms. The Hall–Kier alpha value is -1.56. The highest BCUT2D eigenvalue weighted by Crippen LogP contribution is 2.23. The van der Waals surface area contributed by atoms with E-state index in [1.165, 1.54) is 12.1 Å². The van der Waals surface area contributed by atoms with Crippen LogP contribution in [0.4, 0.5) is 13.2 Å². The first kappa shape index (κ1) is 14.5. The standard InChI is InChI=1S/C12H14F3NO2/c1-2-9(16)7-11(17)8-3-5-10(6-4-8)18-12(13,14)15/h3-6,9H,2,7,16H2,1H3. The maximum Gasteiger partial charge on any atom is 0.573 e. The highest BCUT2D eigenvalue weighted by atomic mass is 19.4. The van der Waals surface area contributed by atoms with E-state index in [1.54, 1.807) is 0 Å². The van der Waals surface area contributed by atoms with Crippen LogP contribution in [0.25, 0.3) is 0 Å². The minimum atomic E-state index is -4.73. The number of hydrogen-bond acceptors (Lipinski definition) is 3. The van der Waals surface area contributed by atoms with Crippen LogP contribution in [0.3, 0.4) is 0 Å². The molecule has 0 fully saturated rings. The van der Waals surface area contributed by atoms with Gasteiger partial charge in [0.25, 0.3) is 0 Å². The average molecular weight is 261 g/mol. The Morgan fingerprint density at radius 3 is 2.33 bits per heavy atom. The summed E-state index contributed by atoms with van der Waals surface area (Å²) in [5, 5.41) is 0. The number of hydrogen-bond donors (Lipinski definition) is 1. The van der Waals surface area contributed by atoms with E-state index in [-0.39, 0.29) is 24.0 Å². The molecule has 0 aliphatic heterocycles. The molecule has 0 amide bonds. The smallest absolute Gasteiger partial charge is 0.406 e. The van der Waals surface area contributed by atoms with Gasteiger partial charge in [0.1, 0.15) is 5.75 Å². The normalized spacial score (nSPS) is 13.2. The summed E-state index contributed by atoms with van der Waals surface area (Å²) < 4.78 is 39.4. The fourth-order valence-corrected chi connectivity index (χ4v) is 1.34. The van der Waals surface area contributed by atoms with Crippen molar-refractivity contribution in [1.29, 1.82) is 0 Å². The van der Waals surface area contributed by atoms with E-state index >= 15 is 0 Å². The van der Waals surface area contributed by atoms with Crippen LogP contribution in [0, 0.1) is 0 Å². The molecule has 1 aromatic rings. The quantitative estimate of drug-likeness (QED) is 0.829. The molecule has 0 aliphatic carbocycles. The largest absolute Gasteiger partial charge is 0.573 e. The summed E-state index contributed by atoms with van der Waals surface area (Å²) >= 11 is 0. The number of alkyl halides is 3. The molecular formula is C12H14F3NO2. The lowest BCUT2D eigenvalue weighted by molar-refractivity contribution is -0.274. The summed E-state index contributed by atoms with van der Waals surface area (Å²) in [6.07, 6.45) is -3.88. The molecule has 1 aromatic carbocycles. The van der Waals surface area contributed by atoms with Crippen LogP contribution >= 0.6 is 0 Å². The van der Waals surface area contributed by atoms with Crippen LogP contribution in [-0.4, -0.2) is 18.2 Å². The van der Waals surface area contributed by atoms with Gasteiger partial charge in [-0.2, -0.15) is 0 Å². The third kappa shape index (κ3) is 4.75. The van der Waals surface area contributed by atoms with Gasteiger partial charge in [0, 0.05) is 18.0 Å². The first-order chi connectivity index (χ1) is 8.31. The van der Waals surface area contributed by atoms with Crippen molar-refractivity contribution in [3.63, 3.8) is 0 Å². The van der Waals surface area contributed by atoms with E-state index in [0.717, 1.165) is 12.1 Å². The summed E-state index contributed by atoms with van der Waals surface area (Å²) in [5.74, 6) is -0.540. The number of benzene rings is 1. The number of carbonyl (C=O) groups is 1. The molecule has 0 spiro atoms. The third-order valence-corrected chi connectivity index (χ3v) is 2.38. The highest BCUT2D eigenvalue weighted by Gasteiger charge is 2.31. The molecule has 0 heterocycles. The average Bonchev–Trinajstić information content (AvgIpc) is 2.27. The Labute approximate surface area is 103 Å². The lowest BCUT2D eigenvalue weighted by Crippen LogP contribution is -2.22. The molecule has 100 valence electrons. The number of halogens is 3. The maximum atomic E-state index is 11.9. The zero-order valence-electron chi connectivity index (χ0n) is 9.83. The van der Waals surface area contributed by atoms with Gasteiger partial charge in [0.05, 0.1) is 0 Å². The Balaban J connectivity index is 2.68. The van der Waals surface area contributed by atoms with E-state index in [9.17, 15) is 18.0 Å². The van der Waals surface area contributed by atoms with Gasteiger partial charge in [-0.25, -0.2) is 0 Å². The number of ether oxygens (including phenoxy) is 1. The molecule has 3 nitrogen and oxygen atoms in total. The van der Waals surface area contributed by atoms with Gasteiger partial charge in [-0.15, -0.1) is 13.2 Å².